The zero-order valence-electron chi connectivity index (χ0n) is 14.3. The summed E-state index contributed by atoms with van der Waals surface area (Å²) < 4.78 is 5.42. The molecule has 1 N–H and O–H groups in total. The topological polar surface area (TPSA) is 78.5 Å². The first-order valence-corrected chi connectivity index (χ1v) is 8.39. The lowest BCUT2D eigenvalue weighted by Crippen LogP contribution is -2.45. The number of H-pyrrole nitrogens is 1. The summed E-state index contributed by atoms with van der Waals surface area (Å²) in [4.78, 5) is 33.0. The zero-order valence-corrected chi connectivity index (χ0v) is 14.3. The Labute approximate surface area is 150 Å². The van der Waals surface area contributed by atoms with Crippen molar-refractivity contribution in [3.8, 4) is 5.75 Å². The van der Waals surface area contributed by atoms with E-state index in [1.54, 1.807) is 31.6 Å². The van der Waals surface area contributed by atoms with E-state index in [1.165, 1.54) is 10.0 Å². The van der Waals surface area contributed by atoms with Crippen LogP contribution < -0.4 is 4.74 Å². The van der Waals surface area contributed by atoms with E-state index in [-0.39, 0.29) is 17.5 Å². The first kappa shape index (κ1) is 16.1. The minimum absolute atomic E-state index is 0.204. The third kappa shape index (κ3) is 2.67. The Morgan fingerprint density at radius 1 is 1.12 bits per heavy atom. The maximum Gasteiger partial charge on any atom is 0.291 e. The minimum Gasteiger partial charge on any atom is -0.496 e. The van der Waals surface area contributed by atoms with Crippen LogP contribution in [0.3, 0.4) is 0 Å². The van der Waals surface area contributed by atoms with Crippen LogP contribution in [0.2, 0.25) is 0 Å². The van der Waals surface area contributed by atoms with Crippen molar-refractivity contribution in [2.75, 3.05) is 20.2 Å². The molecule has 1 aromatic carbocycles. The number of hydrogen-bond acceptors (Lipinski definition) is 4. The number of pyridine rings is 1. The summed E-state index contributed by atoms with van der Waals surface area (Å²) in [6, 6.07) is 10.8. The molecular formula is C19H18N4O3. The van der Waals surface area contributed by atoms with Crippen molar-refractivity contribution in [1.29, 1.82) is 0 Å². The highest BCUT2D eigenvalue weighted by Crippen LogP contribution is 2.26. The number of rotatable bonds is 3. The molecule has 2 aromatic heterocycles. The molecule has 0 radical (unpaired) electrons. The van der Waals surface area contributed by atoms with Crippen molar-refractivity contribution in [3.05, 3.63) is 60.0 Å². The molecular weight excluding hydrogens is 332 g/mol. The molecule has 3 heterocycles. The Hall–Kier alpha value is -3.35. The number of ether oxygens (including phenoxy) is 1. The second-order valence-electron chi connectivity index (χ2n) is 6.04. The summed E-state index contributed by atoms with van der Waals surface area (Å²) in [5.41, 5.74) is 1.46. The van der Waals surface area contributed by atoms with Gasteiger partial charge in [0.2, 0.25) is 0 Å². The number of hydrogen-bond donors (Lipinski definition) is 1. The zero-order chi connectivity index (χ0) is 18.1. The van der Waals surface area contributed by atoms with Crippen molar-refractivity contribution in [3.63, 3.8) is 0 Å². The Bertz CT molecular complexity index is 968. The summed E-state index contributed by atoms with van der Waals surface area (Å²) in [7, 11) is 1.56. The van der Waals surface area contributed by atoms with Crippen LogP contribution in [0.5, 0.6) is 5.75 Å². The van der Waals surface area contributed by atoms with E-state index >= 15 is 0 Å². The standard InChI is InChI=1S/C19H18N4O3/c1-26-17-11-16(21-15-6-3-2-5-14(15)17)19(25)23-10-4-9-22(23)18(24)13-7-8-20-12-13/h2-3,5-8,11-12,20H,4,9-10H2,1H3. The van der Waals surface area contributed by atoms with E-state index < -0.39 is 0 Å². The van der Waals surface area contributed by atoms with E-state index in [9.17, 15) is 9.59 Å². The lowest BCUT2D eigenvalue weighted by molar-refractivity contribution is 0.0182. The number of methoxy groups -OCH3 is 1. The van der Waals surface area contributed by atoms with Gasteiger partial charge in [0.25, 0.3) is 11.8 Å². The lowest BCUT2D eigenvalue weighted by Gasteiger charge is -2.27. The van der Waals surface area contributed by atoms with Crippen LogP contribution in [0.4, 0.5) is 0 Å². The quantitative estimate of drug-likeness (QED) is 0.787. The first-order chi connectivity index (χ1) is 12.7. The summed E-state index contributed by atoms with van der Waals surface area (Å²) in [5.74, 6) is 0.0713. The highest BCUT2D eigenvalue weighted by molar-refractivity contribution is 6.00. The number of hydrazine groups is 1. The van der Waals surface area contributed by atoms with Gasteiger partial charge in [0, 0.05) is 36.9 Å². The predicted molar refractivity (Wildman–Crippen MR) is 95.8 cm³/mol. The molecule has 0 aliphatic carbocycles. The van der Waals surface area contributed by atoms with Gasteiger partial charge in [-0.2, -0.15) is 0 Å². The number of benzene rings is 1. The summed E-state index contributed by atoms with van der Waals surface area (Å²) >= 11 is 0. The normalized spacial score (nSPS) is 14.0. The van der Waals surface area contributed by atoms with Crippen LogP contribution in [-0.4, -0.2) is 52.0 Å². The summed E-state index contributed by atoms with van der Waals surface area (Å²) in [6.07, 6.45) is 4.04. The second-order valence-corrected chi connectivity index (χ2v) is 6.04. The average molecular weight is 350 g/mol. The van der Waals surface area contributed by atoms with Gasteiger partial charge in [-0.3, -0.25) is 9.59 Å². The van der Waals surface area contributed by atoms with Gasteiger partial charge in [-0.05, 0) is 24.6 Å². The van der Waals surface area contributed by atoms with Crippen LogP contribution in [-0.2, 0) is 0 Å². The number of nitrogens with zero attached hydrogens (tertiary/aromatic N) is 3. The number of aromatic amines is 1. The van der Waals surface area contributed by atoms with Gasteiger partial charge in [0.1, 0.15) is 11.4 Å². The third-order valence-corrected chi connectivity index (χ3v) is 4.46. The molecule has 1 fully saturated rings. The molecule has 0 atom stereocenters. The van der Waals surface area contributed by atoms with Gasteiger partial charge in [-0.25, -0.2) is 15.0 Å². The van der Waals surface area contributed by atoms with Crippen molar-refractivity contribution in [2.45, 2.75) is 6.42 Å². The third-order valence-electron chi connectivity index (χ3n) is 4.46. The van der Waals surface area contributed by atoms with Gasteiger partial charge < -0.3 is 9.72 Å². The van der Waals surface area contributed by atoms with Crippen LogP contribution in [0.1, 0.15) is 27.3 Å². The van der Waals surface area contributed by atoms with Crippen molar-refractivity contribution < 1.29 is 14.3 Å². The fourth-order valence-corrected chi connectivity index (χ4v) is 3.19. The molecule has 0 saturated carbocycles. The van der Waals surface area contributed by atoms with Crippen LogP contribution in [0.25, 0.3) is 10.9 Å². The molecule has 26 heavy (non-hydrogen) atoms. The minimum atomic E-state index is -0.310. The molecule has 1 aliphatic heterocycles. The Balaban J connectivity index is 1.68. The van der Waals surface area contributed by atoms with E-state index in [4.69, 9.17) is 4.74 Å². The molecule has 7 nitrogen and oxygen atoms in total. The van der Waals surface area contributed by atoms with Gasteiger partial charge in [0.05, 0.1) is 18.2 Å². The Morgan fingerprint density at radius 3 is 2.62 bits per heavy atom. The number of aromatic nitrogens is 2. The van der Waals surface area contributed by atoms with Crippen molar-refractivity contribution >= 4 is 22.7 Å². The molecule has 0 spiro atoms. The van der Waals surface area contributed by atoms with E-state index in [0.29, 0.717) is 29.9 Å². The highest BCUT2D eigenvalue weighted by Gasteiger charge is 2.33. The van der Waals surface area contributed by atoms with Crippen LogP contribution in [0, 0.1) is 0 Å². The number of carbonyl (C=O) groups is 2. The largest absolute Gasteiger partial charge is 0.496 e. The maximum absolute atomic E-state index is 13.0. The SMILES string of the molecule is COc1cc(C(=O)N2CCCN2C(=O)c2cc[nH]c2)nc2ccccc12. The van der Waals surface area contributed by atoms with Crippen LogP contribution in [0.15, 0.2) is 48.8 Å². The number of para-hydroxylation sites is 1. The second kappa shape index (κ2) is 6.51. The molecule has 7 heteroatoms. The van der Waals surface area contributed by atoms with Gasteiger partial charge in [-0.15, -0.1) is 0 Å². The molecule has 0 unspecified atom stereocenters. The number of amides is 2. The fourth-order valence-electron chi connectivity index (χ4n) is 3.19. The molecule has 3 aromatic rings. The molecule has 2 amide bonds. The van der Waals surface area contributed by atoms with Gasteiger partial charge >= 0.3 is 0 Å². The van der Waals surface area contributed by atoms with Crippen molar-refractivity contribution in [2.24, 2.45) is 0 Å². The lowest BCUT2D eigenvalue weighted by atomic mass is 10.1. The average Bonchev–Trinajstić information content (AvgIpc) is 3.37. The molecule has 0 bridgehead atoms. The first-order valence-electron chi connectivity index (χ1n) is 8.39. The van der Waals surface area contributed by atoms with Crippen LogP contribution >= 0.6 is 0 Å². The number of carbonyl (C=O) groups excluding carboxylic acids is 2. The predicted octanol–water partition coefficient (Wildman–Crippen LogP) is 2.47. The smallest absolute Gasteiger partial charge is 0.291 e. The Kier molecular flexibility index (Phi) is 4.04. The van der Waals surface area contributed by atoms with E-state index in [1.807, 2.05) is 24.3 Å². The molecule has 132 valence electrons. The maximum atomic E-state index is 13.0. The summed E-state index contributed by atoms with van der Waals surface area (Å²) in [6.45, 7) is 0.978. The fraction of sp³-hybridized carbons (Fsp3) is 0.211. The van der Waals surface area contributed by atoms with E-state index in [0.717, 1.165) is 11.8 Å². The monoisotopic (exact) mass is 350 g/mol. The number of fused-ring (bicyclic) bond motifs is 1. The Morgan fingerprint density at radius 2 is 1.88 bits per heavy atom. The van der Waals surface area contributed by atoms with E-state index in [2.05, 4.69) is 9.97 Å². The molecule has 1 saturated heterocycles. The van der Waals surface area contributed by atoms with Gasteiger partial charge in [-0.1, -0.05) is 12.1 Å². The molecule has 4 rings (SSSR count). The van der Waals surface area contributed by atoms with Crippen molar-refractivity contribution in [1.82, 2.24) is 20.0 Å². The summed E-state index contributed by atoms with van der Waals surface area (Å²) in [5, 5.41) is 3.79. The van der Waals surface area contributed by atoms with Gasteiger partial charge in [0.15, 0.2) is 0 Å². The molecule has 1 aliphatic rings. The number of nitrogens with one attached hydrogen (secondary N) is 1. The highest BCUT2D eigenvalue weighted by atomic mass is 16.5.